The molecule has 2 aromatic carbocycles. The Balaban J connectivity index is 1.69. The maximum atomic E-state index is 12.4. The van der Waals surface area contributed by atoms with E-state index in [2.05, 4.69) is 5.32 Å². The van der Waals surface area contributed by atoms with E-state index in [4.69, 9.17) is 9.15 Å². The second-order valence-electron chi connectivity index (χ2n) is 6.20. The van der Waals surface area contributed by atoms with Crippen LogP contribution in [0.2, 0.25) is 0 Å². The number of rotatable bonds is 6. The van der Waals surface area contributed by atoms with Crippen LogP contribution in [0.25, 0.3) is 17.4 Å². The monoisotopic (exact) mass is 372 g/mol. The molecule has 0 aliphatic carbocycles. The van der Waals surface area contributed by atoms with Crippen LogP contribution in [0.4, 0.5) is 5.69 Å². The fourth-order valence-corrected chi connectivity index (χ4v) is 2.66. The molecule has 1 amide bonds. The molecule has 5 nitrogen and oxygen atoms in total. The molecule has 1 aromatic heterocycles. The van der Waals surface area contributed by atoms with Crippen LogP contribution < -0.4 is 10.1 Å². The van der Waals surface area contributed by atoms with Gasteiger partial charge in [-0.25, -0.2) is 0 Å². The Morgan fingerprint density at radius 2 is 1.89 bits per heavy atom. The fraction of sp³-hybridized carbons (Fsp3) is 0.130. The predicted molar refractivity (Wildman–Crippen MR) is 109 cm³/mol. The van der Waals surface area contributed by atoms with Gasteiger partial charge in [-0.05, 0) is 61.0 Å². The molecular weight excluding hydrogens is 352 g/mol. The van der Waals surface area contributed by atoms with Crippen molar-refractivity contribution in [1.29, 1.82) is 5.26 Å². The Kier molecular flexibility index (Phi) is 5.93. The summed E-state index contributed by atoms with van der Waals surface area (Å²) in [5, 5.41) is 12.1. The number of carbonyl (C=O) groups excluding carboxylic acids is 1. The zero-order valence-corrected chi connectivity index (χ0v) is 15.7. The van der Waals surface area contributed by atoms with Gasteiger partial charge in [-0.15, -0.1) is 0 Å². The van der Waals surface area contributed by atoms with E-state index in [1.54, 1.807) is 25.3 Å². The molecule has 3 aromatic rings. The number of nitriles is 1. The number of nitrogens with one attached hydrogen (secondary N) is 1. The highest BCUT2D eigenvalue weighted by molar-refractivity contribution is 5.96. The van der Waals surface area contributed by atoms with Gasteiger partial charge in [0.15, 0.2) is 0 Å². The lowest BCUT2D eigenvalue weighted by Gasteiger charge is -2.09. The summed E-state index contributed by atoms with van der Waals surface area (Å²) in [7, 11) is 1.62. The molecule has 28 heavy (non-hydrogen) atoms. The first-order valence-corrected chi connectivity index (χ1v) is 8.79. The molecule has 140 valence electrons. The normalized spacial score (nSPS) is 11.8. The third-order valence-electron chi connectivity index (χ3n) is 4.28. The van der Waals surface area contributed by atoms with Gasteiger partial charge in [0.05, 0.1) is 13.2 Å². The van der Waals surface area contributed by atoms with Crippen LogP contribution in [0, 0.1) is 24.2 Å². The maximum absolute atomic E-state index is 12.4. The third kappa shape index (κ3) is 4.49. The van der Waals surface area contributed by atoms with Crippen molar-refractivity contribution < 1.29 is 13.9 Å². The number of aryl methyl sites for hydroxylation is 1. The molecular formula is C23H20N2O3. The summed E-state index contributed by atoms with van der Waals surface area (Å²) in [6.07, 6.45) is 3.17. The Bertz CT molecular complexity index is 1030. The number of anilines is 1. The minimum absolute atomic E-state index is 0.380. The molecule has 0 saturated carbocycles. The van der Waals surface area contributed by atoms with Crippen LogP contribution in [0.15, 0.2) is 71.2 Å². The Morgan fingerprint density at radius 3 is 2.57 bits per heavy atom. The molecule has 1 unspecified atom stereocenters. The SMILES string of the molecule is COc1ccc(-c2ccc(/C=C/C(C#N)C(=O)Nc3ccccc3C)o2)cc1. The first-order valence-electron chi connectivity index (χ1n) is 8.79. The molecule has 0 fully saturated rings. The third-order valence-corrected chi connectivity index (χ3v) is 4.28. The lowest BCUT2D eigenvalue weighted by molar-refractivity contribution is -0.117. The van der Waals surface area contributed by atoms with Crippen molar-refractivity contribution in [2.75, 3.05) is 12.4 Å². The van der Waals surface area contributed by atoms with E-state index in [-0.39, 0.29) is 5.91 Å². The van der Waals surface area contributed by atoms with Crippen LogP contribution in [-0.2, 0) is 4.79 Å². The van der Waals surface area contributed by atoms with Gasteiger partial charge in [0.25, 0.3) is 0 Å². The van der Waals surface area contributed by atoms with Crippen molar-refractivity contribution in [2.24, 2.45) is 5.92 Å². The highest BCUT2D eigenvalue weighted by atomic mass is 16.5. The van der Waals surface area contributed by atoms with Crippen molar-refractivity contribution in [3.63, 3.8) is 0 Å². The number of benzene rings is 2. The number of para-hydroxylation sites is 1. The number of nitrogens with zero attached hydrogens (tertiary/aromatic N) is 1. The fourth-order valence-electron chi connectivity index (χ4n) is 2.66. The van der Waals surface area contributed by atoms with Gasteiger partial charge in [-0.2, -0.15) is 5.26 Å². The molecule has 1 heterocycles. The Morgan fingerprint density at radius 1 is 1.14 bits per heavy atom. The molecule has 0 saturated heterocycles. The highest BCUT2D eigenvalue weighted by Crippen LogP contribution is 2.25. The standard InChI is InChI=1S/C23H20N2O3/c1-16-5-3-4-6-21(16)25-23(26)18(15-24)9-12-20-13-14-22(28-20)17-7-10-19(27-2)11-8-17/h3-14,18H,1-2H3,(H,25,26)/b12-9+. The molecule has 5 heteroatoms. The summed E-state index contributed by atoms with van der Waals surface area (Å²) in [6.45, 7) is 1.90. The molecule has 1 N–H and O–H groups in total. The lowest BCUT2D eigenvalue weighted by Crippen LogP contribution is -2.20. The number of carbonyl (C=O) groups is 1. The van der Waals surface area contributed by atoms with E-state index < -0.39 is 5.92 Å². The van der Waals surface area contributed by atoms with E-state index in [1.807, 2.05) is 61.5 Å². The largest absolute Gasteiger partial charge is 0.497 e. The molecule has 3 rings (SSSR count). The first-order chi connectivity index (χ1) is 13.6. The summed E-state index contributed by atoms with van der Waals surface area (Å²) in [5.41, 5.74) is 2.54. The predicted octanol–water partition coefficient (Wildman–Crippen LogP) is 5.06. The molecule has 1 atom stereocenters. The zero-order valence-electron chi connectivity index (χ0n) is 15.7. The van der Waals surface area contributed by atoms with Crippen LogP contribution in [0.3, 0.4) is 0 Å². The average Bonchev–Trinajstić information content (AvgIpc) is 3.19. The highest BCUT2D eigenvalue weighted by Gasteiger charge is 2.15. The van der Waals surface area contributed by atoms with Gasteiger partial charge < -0.3 is 14.5 Å². The minimum Gasteiger partial charge on any atom is -0.497 e. The topological polar surface area (TPSA) is 75.3 Å². The number of ether oxygens (including phenoxy) is 1. The van der Waals surface area contributed by atoms with Crippen LogP contribution >= 0.6 is 0 Å². The second-order valence-corrected chi connectivity index (χ2v) is 6.20. The Labute approximate surface area is 163 Å². The van der Waals surface area contributed by atoms with Gasteiger partial charge in [0, 0.05) is 11.3 Å². The number of furan rings is 1. The summed E-state index contributed by atoms with van der Waals surface area (Å²) in [5.74, 6) is 0.728. The first kappa shape index (κ1) is 19.0. The van der Waals surface area contributed by atoms with E-state index in [9.17, 15) is 10.1 Å². The van der Waals surface area contributed by atoms with Gasteiger partial charge in [0.2, 0.25) is 5.91 Å². The molecule has 0 radical (unpaired) electrons. The van der Waals surface area contributed by atoms with Crippen LogP contribution in [-0.4, -0.2) is 13.0 Å². The minimum atomic E-state index is -0.922. The van der Waals surface area contributed by atoms with Crippen molar-refractivity contribution in [1.82, 2.24) is 0 Å². The number of methoxy groups -OCH3 is 1. The van der Waals surface area contributed by atoms with Gasteiger partial charge in [-0.1, -0.05) is 24.3 Å². The summed E-state index contributed by atoms with van der Waals surface area (Å²) >= 11 is 0. The second kappa shape index (κ2) is 8.74. The van der Waals surface area contributed by atoms with Crippen LogP contribution in [0.1, 0.15) is 11.3 Å². The maximum Gasteiger partial charge on any atom is 0.245 e. The van der Waals surface area contributed by atoms with E-state index in [1.165, 1.54) is 6.08 Å². The van der Waals surface area contributed by atoms with Crippen molar-refractivity contribution >= 4 is 17.7 Å². The average molecular weight is 372 g/mol. The van der Waals surface area contributed by atoms with Crippen molar-refractivity contribution in [2.45, 2.75) is 6.92 Å². The zero-order chi connectivity index (χ0) is 19.9. The van der Waals surface area contributed by atoms with Gasteiger partial charge >= 0.3 is 0 Å². The van der Waals surface area contributed by atoms with Gasteiger partial charge in [0.1, 0.15) is 23.2 Å². The van der Waals surface area contributed by atoms with Gasteiger partial charge in [-0.3, -0.25) is 4.79 Å². The summed E-state index contributed by atoms with van der Waals surface area (Å²) in [4.78, 5) is 12.4. The van der Waals surface area contributed by atoms with Crippen molar-refractivity contribution in [3.05, 3.63) is 78.1 Å². The molecule has 0 aliphatic rings. The smallest absolute Gasteiger partial charge is 0.245 e. The number of amides is 1. The summed E-state index contributed by atoms with van der Waals surface area (Å²) in [6, 6.07) is 20.6. The van der Waals surface area contributed by atoms with E-state index in [0.29, 0.717) is 17.2 Å². The number of hydrogen-bond acceptors (Lipinski definition) is 4. The number of hydrogen-bond donors (Lipinski definition) is 1. The molecule has 0 aliphatic heterocycles. The quantitative estimate of drug-likeness (QED) is 0.656. The van der Waals surface area contributed by atoms with Crippen LogP contribution in [0.5, 0.6) is 5.75 Å². The Hall–Kier alpha value is -3.78. The van der Waals surface area contributed by atoms with E-state index >= 15 is 0 Å². The van der Waals surface area contributed by atoms with Crippen molar-refractivity contribution in [3.8, 4) is 23.1 Å². The molecule has 0 bridgehead atoms. The summed E-state index contributed by atoms with van der Waals surface area (Å²) < 4.78 is 10.9. The molecule has 0 spiro atoms. The van der Waals surface area contributed by atoms with E-state index in [0.717, 1.165) is 16.9 Å². The lowest BCUT2D eigenvalue weighted by atomic mass is 10.1.